The summed E-state index contributed by atoms with van der Waals surface area (Å²) in [6.07, 6.45) is 5.08. The van der Waals surface area contributed by atoms with Crippen LogP contribution in [-0.4, -0.2) is 35.8 Å². The van der Waals surface area contributed by atoms with Crippen LogP contribution in [0.3, 0.4) is 0 Å². The minimum Gasteiger partial charge on any atom is -0.495 e. The summed E-state index contributed by atoms with van der Waals surface area (Å²) in [5, 5.41) is 0. The predicted octanol–water partition coefficient (Wildman–Crippen LogP) is 1.17. The highest BCUT2D eigenvalue weighted by Gasteiger charge is 2.21. The first-order valence-corrected chi connectivity index (χ1v) is 7.42. The zero-order chi connectivity index (χ0) is 15.5. The van der Waals surface area contributed by atoms with Gasteiger partial charge in [-0.05, 0) is 25.0 Å². The number of methoxy groups -OCH3 is 1. The fourth-order valence-corrected chi connectivity index (χ4v) is 2.75. The number of rotatable bonds is 3. The maximum Gasteiger partial charge on any atom is 0.298 e. The van der Waals surface area contributed by atoms with Gasteiger partial charge in [-0.1, -0.05) is 12.1 Å². The lowest BCUT2D eigenvalue weighted by atomic mass is 10.1. The fourth-order valence-electron chi connectivity index (χ4n) is 2.75. The monoisotopic (exact) mass is 300 g/mol. The second-order valence-electron chi connectivity index (χ2n) is 5.42. The molecule has 0 unspecified atom stereocenters. The minimum atomic E-state index is -0.137. The summed E-state index contributed by atoms with van der Waals surface area (Å²) in [4.78, 5) is 19.1. The van der Waals surface area contributed by atoms with Crippen LogP contribution < -0.4 is 20.9 Å². The van der Waals surface area contributed by atoms with Crippen molar-refractivity contribution >= 4 is 5.82 Å². The van der Waals surface area contributed by atoms with Crippen LogP contribution in [0.1, 0.15) is 12.8 Å². The van der Waals surface area contributed by atoms with Crippen LogP contribution in [0.2, 0.25) is 0 Å². The number of hydrogen-bond acceptors (Lipinski definition) is 5. The van der Waals surface area contributed by atoms with Crippen molar-refractivity contribution < 1.29 is 4.74 Å². The van der Waals surface area contributed by atoms with Crippen molar-refractivity contribution in [2.45, 2.75) is 18.9 Å². The topological polar surface area (TPSA) is 73.4 Å². The van der Waals surface area contributed by atoms with E-state index < -0.39 is 0 Å². The molecular formula is C16H20N4O2. The van der Waals surface area contributed by atoms with Crippen LogP contribution in [0.5, 0.6) is 5.75 Å². The number of benzene rings is 1. The van der Waals surface area contributed by atoms with Gasteiger partial charge in [0.1, 0.15) is 5.75 Å². The quantitative estimate of drug-likeness (QED) is 0.921. The molecule has 1 aromatic heterocycles. The van der Waals surface area contributed by atoms with Gasteiger partial charge in [0.2, 0.25) is 0 Å². The lowest BCUT2D eigenvalue weighted by molar-refractivity contribution is 0.412. The first-order valence-electron chi connectivity index (χ1n) is 7.42. The Balaban J connectivity index is 2.01. The summed E-state index contributed by atoms with van der Waals surface area (Å²) in [6.45, 7) is 1.53. The van der Waals surface area contributed by atoms with E-state index in [0.29, 0.717) is 17.3 Å². The van der Waals surface area contributed by atoms with Crippen LogP contribution in [0.25, 0.3) is 5.69 Å². The molecule has 0 spiro atoms. The highest BCUT2D eigenvalue weighted by Crippen LogP contribution is 2.21. The predicted molar refractivity (Wildman–Crippen MR) is 85.8 cm³/mol. The maximum absolute atomic E-state index is 12.8. The van der Waals surface area contributed by atoms with Gasteiger partial charge in [0.25, 0.3) is 5.56 Å². The second-order valence-corrected chi connectivity index (χ2v) is 5.42. The van der Waals surface area contributed by atoms with E-state index in [1.807, 2.05) is 29.2 Å². The second kappa shape index (κ2) is 6.19. The van der Waals surface area contributed by atoms with Crippen molar-refractivity contribution in [3.05, 3.63) is 47.0 Å². The number of ether oxygens (including phenoxy) is 1. The van der Waals surface area contributed by atoms with E-state index in [-0.39, 0.29) is 11.6 Å². The highest BCUT2D eigenvalue weighted by atomic mass is 16.5. The van der Waals surface area contributed by atoms with Crippen molar-refractivity contribution in [2.75, 3.05) is 25.1 Å². The van der Waals surface area contributed by atoms with Gasteiger partial charge in [0.05, 0.1) is 12.8 Å². The van der Waals surface area contributed by atoms with Crippen molar-refractivity contribution in [2.24, 2.45) is 5.73 Å². The van der Waals surface area contributed by atoms with E-state index >= 15 is 0 Å². The molecule has 0 amide bonds. The number of anilines is 1. The molecule has 0 saturated carbocycles. The molecule has 0 radical (unpaired) electrons. The average molecular weight is 300 g/mol. The Bertz CT molecular complexity index is 705. The lowest BCUT2D eigenvalue weighted by Gasteiger charge is -2.30. The molecule has 1 saturated heterocycles. The molecule has 6 nitrogen and oxygen atoms in total. The molecule has 0 aliphatic carbocycles. The Hall–Kier alpha value is -2.34. The Morgan fingerprint density at radius 3 is 2.73 bits per heavy atom. The first kappa shape index (κ1) is 14.6. The number of aromatic nitrogens is 2. The summed E-state index contributed by atoms with van der Waals surface area (Å²) >= 11 is 0. The molecule has 1 fully saturated rings. The molecule has 1 aromatic carbocycles. The molecule has 2 aromatic rings. The van der Waals surface area contributed by atoms with Crippen LogP contribution in [-0.2, 0) is 0 Å². The van der Waals surface area contributed by atoms with E-state index in [9.17, 15) is 4.79 Å². The van der Waals surface area contributed by atoms with Gasteiger partial charge in [-0.3, -0.25) is 9.36 Å². The summed E-state index contributed by atoms with van der Waals surface area (Å²) < 4.78 is 6.92. The van der Waals surface area contributed by atoms with Crippen LogP contribution in [0, 0.1) is 0 Å². The standard InChI is InChI=1S/C16H20N4O2/c1-22-14-5-3-2-4-13(14)20-11-8-18-15(16(20)21)19-9-6-12(17)7-10-19/h2-5,8,11-12H,6-7,9-10,17H2,1H3. The third kappa shape index (κ3) is 2.69. The van der Waals surface area contributed by atoms with E-state index in [4.69, 9.17) is 10.5 Å². The molecule has 0 atom stereocenters. The molecule has 6 heteroatoms. The van der Waals surface area contributed by atoms with Gasteiger partial charge in [-0.25, -0.2) is 4.98 Å². The van der Waals surface area contributed by atoms with Crippen LogP contribution in [0.15, 0.2) is 41.5 Å². The molecular weight excluding hydrogens is 280 g/mol. The fraction of sp³-hybridized carbons (Fsp3) is 0.375. The summed E-state index contributed by atoms with van der Waals surface area (Å²) in [6, 6.07) is 7.67. The lowest BCUT2D eigenvalue weighted by Crippen LogP contribution is -2.43. The van der Waals surface area contributed by atoms with Crippen LogP contribution in [0.4, 0.5) is 5.82 Å². The largest absolute Gasteiger partial charge is 0.495 e. The van der Waals surface area contributed by atoms with E-state index in [2.05, 4.69) is 4.98 Å². The maximum atomic E-state index is 12.8. The molecule has 22 heavy (non-hydrogen) atoms. The Morgan fingerprint density at radius 2 is 2.00 bits per heavy atom. The van der Waals surface area contributed by atoms with Crippen molar-refractivity contribution in [3.8, 4) is 11.4 Å². The van der Waals surface area contributed by atoms with E-state index in [0.717, 1.165) is 25.9 Å². The number of para-hydroxylation sites is 2. The summed E-state index contributed by atoms with van der Waals surface area (Å²) in [7, 11) is 1.60. The van der Waals surface area contributed by atoms with E-state index in [1.165, 1.54) is 0 Å². The summed E-state index contributed by atoms with van der Waals surface area (Å²) in [5.41, 5.74) is 6.50. The minimum absolute atomic E-state index is 0.137. The Labute approximate surface area is 129 Å². The molecule has 2 heterocycles. The van der Waals surface area contributed by atoms with Gasteiger partial charge >= 0.3 is 0 Å². The molecule has 1 aliphatic heterocycles. The van der Waals surface area contributed by atoms with Crippen molar-refractivity contribution in [1.82, 2.24) is 9.55 Å². The average Bonchev–Trinajstić information content (AvgIpc) is 2.56. The van der Waals surface area contributed by atoms with Gasteiger partial charge in [-0.2, -0.15) is 0 Å². The van der Waals surface area contributed by atoms with Gasteiger partial charge in [0, 0.05) is 31.5 Å². The smallest absolute Gasteiger partial charge is 0.298 e. The zero-order valence-electron chi connectivity index (χ0n) is 12.6. The normalized spacial score (nSPS) is 15.8. The summed E-state index contributed by atoms with van der Waals surface area (Å²) in [5.74, 6) is 1.13. The number of piperidine rings is 1. The SMILES string of the molecule is COc1ccccc1-n1ccnc(N2CCC(N)CC2)c1=O. The third-order valence-electron chi connectivity index (χ3n) is 4.01. The molecule has 2 N–H and O–H groups in total. The van der Waals surface area contributed by atoms with Crippen LogP contribution >= 0.6 is 0 Å². The third-order valence-corrected chi connectivity index (χ3v) is 4.01. The van der Waals surface area contributed by atoms with Gasteiger partial charge in [-0.15, -0.1) is 0 Å². The Morgan fingerprint density at radius 1 is 1.27 bits per heavy atom. The number of hydrogen-bond donors (Lipinski definition) is 1. The van der Waals surface area contributed by atoms with Crippen molar-refractivity contribution in [3.63, 3.8) is 0 Å². The van der Waals surface area contributed by atoms with Gasteiger partial charge in [0.15, 0.2) is 5.82 Å². The number of nitrogens with zero attached hydrogens (tertiary/aromatic N) is 3. The van der Waals surface area contributed by atoms with Gasteiger partial charge < -0.3 is 15.4 Å². The molecule has 0 bridgehead atoms. The highest BCUT2D eigenvalue weighted by molar-refractivity contribution is 5.48. The van der Waals surface area contributed by atoms with Crippen molar-refractivity contribution in [1.29, 1.82) is 0 Å². The zero-order valence-corrected chi connectivity index (χ0v) is 12.6. The molecule has 116 valence electrons. The molecule has 1 aliphatic rings. The first-order chi connectivity index (χ1) is 10.7. The molecule has 3 rings (SSSR count). The van der Waals surface area contributed by atoms with E-state index in [1.54, 1.807) is 24.1 Å². The Kier molecular flexibility index (Phi) is 4.11. The number of nitrogens with two attached hydrogens (primary N) is 1.